The summed E-state index contributed by atoms with van der Waals surface area (Å²) in [4.78, 5) is 14.0. The zero-order valence-electron chi connectivity index (χ0n) is 12.9. The molecule has 4 nitrogen and oxygen atoms in total. The first-order chi connectivity index (χ1) is 11.2. The molecule has 1 heterocycles. The number of hydrogen-bond acceptors (Lipinski definition) is 3. The van der Waals surface area contributed by atoms with Crippen LogP contribution >= 0.6 is 0 Å². The molecule has 0 spiro atoms. The van der Waals surface area contributed by atoms with Crippen LogP contribution in [0.5, 0.6) is 11.5 Å². The molecule has 0 aromatic heterocycles. The summed E-state index contributed by atoms with van der Waals surface area (Å²) in [6.45, 7) is 0.343. The molecular formula is C18H18FNO3. The van der Waals surface area contributed by atoms with E-state index in [4.69, 9.17) is 9.47 Å². The summed E-state index contributed by atoms with van der Waals surface area (Å²) in [7, 11) is 1.54. The largest absolute Gasteiger partial charge is 0.493 e. The van der Waals surface area contributed by atoms with Crippen molar-refractivity contribution in [3.8, 4) is 11.5 Å². The van der Waals surface area contributed by atoms with Crippen LogP contribution in [-0.2, 0) is 11.2 Å². The van der Waals surface area contributed by atoms with Gasteiger partial charge < -0.3 is 14.4 Å². The highest BCUT2D eigenvalue weighted by atomic mass is 19.1. The van der Waals surface area contributed by atoms with Gasteiger partial charge in [0.05, 0.1) is 12.8 Å². The number of hydrogen-bond donors (Lipinski definition) is 0. The molecule has 2 aromatic carbocycles. The number of nitrogens with zero attached hydrogens (tertiary/aromatic N) is 1. The van der Waals surface area contributed by atoms with Gasteiger partial charge in [0.2, 0.25) is 0 Å². The smallest absolute Gasteiger partial charge is 0.265 e. The molecule has 0 N–H and O–H groups in total. The SMILES string of the molecule is COc1ccccc1OCC(=O)N1CCCc2cccc(F)c21. The third kappa shape index (κ3) is 3.13. The summed E-state index contributed by atoms with van der Waals surface area (Å²) in [5.74, 6) is 0.425. The number of fused-ring (bicyclic) bond motifs is 1. The number of amides is 1. The van der Waals surface area contributed by atoms with Gasteiger partial charge in [-0.15, -0.1) is 0 Å². The van der Waals surface area contributed by atoms with E-state index in [0.717, 1.165) is 18.4 Å². The van der Waals surface area contributed by atoms with Crippen LogP contribution in [0.3, 0.4) is 0 Å². The maximum Gasteiger partial charge on any atom is 0.265 e. The van der Waals surface area contributed by atoms with Gasteiger partial charge in [-0.05, 0) is 36.6 Å². The van der Waals surface area contributed by atoms with E-state index in [2.05, 4.69) is 0 Å². The zero-order chi connectivity index (χ0) is 16.2. The number of aryl methyl sites for hydroxylation is 1. The zero-order valence-corrected chi connectivity index (χ0v) is 12.9. The predicted molar refractivity (Wildman–Crippen MR) is 85.6 cm³/mol. The molecule has 1 amide bonds. The van der Waals surface area contributed by atoms with Gasteiger partial charge in [0, 0.05) is 6.54 Å². The minimum absolute atomic E-state index is 0.159. The Morgan fingerprint density at radius 1 is 1.17 bits per heavy atom. The lowest BCUT2D eigenvalue weighted by Gasteiger charge is -2.29. The molecule has 0 fully saturated rings. The molecule has 0 radical (unpaired) electrons. The van der Waals surface area contributed by atoms with Crippen molar-refractivity contribution in [2.45, 2.75) is 12.8 Å². The van der Waals surface area contributed by atoms with E-state index in [1.807, 2.05) is 12.1 Å². The highest BCUT2D eigenvalue weighted by Gasteiger charge is 2.25. The molecule has 0 aliphatic carbocycles. The number of benzene rings is 2. The molecule has 0 saturated carbocycles. The van der Waals surface area contributed by atoms with Crippen LogP contribution in [0.25, 0.3) is 0 Å². The number of anilines is 1. The number of ether oxygens (including phenoxy) is 2. The van der Waals surface area contributed by atoms with Crippen LogP contribution in [0.1, 0.15) is 12.0 Å². The van der Waals surface area contributed by atoms with Gasteiger partial charge in [-0.25, -0.2) is 4.39 Å². The monoisotopic (exact) mass is 315 g/mol. The van der Waals surface area contributed by atoms with Crippen molar-refractivity contribution in [3.05, 3.63) is 53.8 Å². The van der Waals surface area contributed by atoms with Crippen molar-refractivity contribution in [3.63, 3.8) is 0 Å². The average molecular weight is 315 g/mol. The van der Waals surface area contributed by atoms with Crippen LogP contribution in [0.2, 0.25) is 0 Å². The molecule has 5 heteroatoms. The molecular weight excluding hydrogens is 297 g/mol. The minimum Gasteiger partial charge on any atom is -0.493 e. The molecule has 0 bridgehead atoms. The van der Waals surface area contributed by atoms with Gasteiger partial charge in [-0.1, -0.05) is 24.3 Å². The van der Waals surface area contributed by atoms with Gasteiger partial charge in [0.15, 0.2) is 18.1 Å². The summed E-state index contributed by atoms with van der Waals surface area (Å²) >= 11 is 0. The van der Waals surface area contributed by atoms with E-state index in [1.54, 1.807) is 31.4 Å². The second-order valence-electron chi connectivity index (χ2n) is 5.34. The van der Waals surface area contributed by atoms with Crippen molar-refractivity contribution < 1.29 is 18.7 Å². The van der Waals surface area contributed by atoms with Crippen LogP contribution < -0.4 is 14.4 Å². The lowest BCUT2D eigenvalue weighted by molar-refractivity contribution is -0.120. The molecule has 2 aromatic rings. The molecule has 23 heavy (non-hydrogen) atoms. The Hall–Kier alpha value is -2.56. The maximum atomic E-state index is 14.1. The molecule has 0 saturated heterocycles. The molecule has 3 rings (SSSR count). The lowest BCUT2D eigenvalue weighted by Crippen LogP contribution is -2.39. The van der Waals surface area contributed by atoms with Crippen molar-refractivity contribution in [2.75, 3.05) is 25.2 Å². The quantitative estimate of drug-likeness (QED) is 0.870. The third-order valence-corrected chi connectivity index (χ3v) is 3.89. The number of carbonyl (C=O) groups is 1. The lowest BCUT2D eigenvalue weighted by atomic mass is 10.0. The Balaban J connectivity index is 1.75. The van der Waals surface area contributed by atoms with E-state index >= 15 is 0 Å². The first-order valence-corrected chi connectivity index (χ1v) is 7.54. The second-order valence-corrected chi connectivity index (χ2v) is 5.34. The molecule has 1 aliphatic rings. The highest BCUT2D eigenvalue weighted by Crippen LogP contribution is 2.30. The molecule has 0 unspecified atom stereocenters. The third-order valence-electron chi connectivity index (χ3n) is 3.89. The topological polar surface area (TPSA) is 38.8 Å². The Morgan fingerprint density at radius 2 is 1.96 bits per heavy atom. The summed E-state index contributed by atoms with van der Waals surface area (Å²) in [5, 5.41) is 0. The van der Waals surface area contributed by atoms with Gasteiger partial charge in [0.25, 0.3) is 5.91 Å². The van der Waals surface area contributed by atoms with Crippen LogP contribution in [-0.4, -0.2) is 26.2 Å². The second kappa shape index (κ2) is 6.69. The number of rotatable bonds is 4. The first kappa shape index (κ1) is 15.3. The maximum absolute atomic E-state index is 14.1. The van der Waals surface area contributed by atoms with Crippen molar-refractivity contribution in [1.29, 1.82) is 0 Å². The van der Waals surface area contributed by atoms with Crippen molar-refractivity contribution in [2.24, 2.45) is 0 Å². The fraction of sp³-hybridized carbons (Fsp3) is 0.278. The molecule has 0 atom stereocenters. The van der Waals surface area contributed by atoms with Gasteiger partial charge in [0.1, 0.15) is 5.82 Å². The number of halogens is 1. The molecule has 120 valence electrons. The van der Waals surface area contributed by atoms with E-state index < -0.39 is 0 Å². The van der Waals surface area contributed by atoms with Gasteiger partial charge in [-0.2, -0.15) is 0 Å². The van der Waals surface area contributed by atoms with Crippen LogP contribution in [0.15, 0.2) is 42.5 Å². The van der Waals surface area contributed by atoms with E-state index in [0.29, 0.717) is 23.7 Å². The summed E-state index contributed by atoms with van der Waals surface area (Å²) < 4.78 is 24.9. The summed E-state index contributed by atoms with van der Waals surface area (Å²) in [6, 6.07) is 12.0. The Labute approximate surface area is 134 Å². The van der Waals surface area contributed by atoms with Crippen LogP contribution in [0, 0.1) is 5.82 Å². The van der Waals surface area contributed by atoms with Gasteiger partial charge >= 0.3 is 0 Å². The normalized spacial score (nSPS) is 13.4. The number of para-hydroxylation sites is 3. The van der Waals surface area contributed by atoms with Crippen molar-refractivity contribution in [1.82, 2.24) is 0 Å². The number of carbonyl (C=O) groups excluding carboxylic acids is 1. The fourth-order valence-corrected chi connectivity index (χ4v) is 2.81. The van der Waals surface area contributed by atoms with E-state index in [9.17, 15) is 9.18 Å². The number of methoxy groups -OCH3 is 1. The van der Waals surface area contributed by atoms with E-state index in [-0.39, 0.29) is 18.3 Å². The fourth-order valence-electron chi connectivity index (χ4n) is 2.81. The minimum atomic E-state index is -0.368. The van der Waals surface area contributed by atoms with Crippen LogP contribution in [0.4, 0.5) is 10.1 Å². The average Bonchev–Trinajstić information content (AvgIpc) is 2.59. The standard InChI is InChI=1S/C18H18FNO3/c1-22-15-9-2-3-10-16(15)23-12-17(21)20-11-5-7-13-6-4-8-14(19)18(13)20/h2-4,6,8-10H,5,7,11-12H2,1H3. The highest BCUT2D eigenvalue weighted by molar-refractivity contribution is 5.95. The predicted octanol–water partition coefficient (Wildman–Crippen LogP) is 3.19. The van der Waals surface area contributed by atoms with Gasteiger partial charge in [-0.3, -0.25) is 4.79 Å². The first-order valence-electron chi connectivity index (χ1n) is 7.54. The van der Waals surface area contributed by atoms with E-state index in [1.165, 1.54) is 11.0 Å². The summed E-state index contributed by atoms with van der Waals surface area (Å²) in [6.07, 6.45) is 1.60. The Morgan fingerprint density at radius 3 is 2.74 bits per heavy atom. The van der Waals surface area contributed by atoms with Crippen molar-refractivity contribution >= 4 is 11.6 Å². The Kier molecular flexibility index (Phi) is 4.46. The Bertz CT molecular complexity index is 717. The summed E-state index contributed by atoms with van der Waals surface area (Å²) in [5.41, 5.74) is 1.24. The molecule has 1 aliphatic heterocycles.